The van der Waals surface area contributed by atoms with Crippen molar-refractivity contribution in [2.45, 2.75) is 4.90 Å². The zero-order chi connectivity index (χ0) is 26.3. The van der Waals surface area contributed by atoms with E-state index in [1.54, 1.807) is 36.4 Å². The Hall–Kier alpha value is -3.89. The number of nitrogens with zero attached hydrogens (tertiary/aromatic N) is 2. The molecule has 184 valence electrons. The van der Waals surface area contributed by atoms with Gasteiger partial charge in [0.05, 0.1) is 32.5 Å². The Morgan fingerprint density at radius 2 is 1.30 bits per heavy atom. The van der Waals surface area contributed by atoms with Crippen LogP contribution in [0.2, 0.25) is 10.0 Å². The van der Waals surface area contributed by atoms with E-state index in [9.17, 15) is 22.6 Å². The molecule has 0 bridgehead atoms. The maximum atomic E-state index is 13.7. The minimum atomic E-state index is -4.91. The summed E-state index contributed by atoms with van der Waals surface area (Å²) in [5.41, 5.74) is 2.29. The van der Waals surface area contributed by atoms with E-state index in [0.717, 1.165) is 6.07 Å². The highest BCUT2D eigenvalue weighted by molar-refractivity contribution is 7.85. The Balaban J connectivity index is 2.02. The van der Waals surface area contributed by atoms with Gasteiger partial charge in [-0.3, -0.25) is 19.6 Å². The lowest BCUT2D eigenvalue weighted by molar-refractivity contribution is 0.482. The van der Waals surface area contributed by atoms with Crippen molar-refractivity contribution in [3.8, 4) is 0 Å². The number of hydrogen-bond donors (Lipinski definition) is 2. The predicted molar refractivity (Wildman–Crippen MR) is 141 cm³/mol. The molecule has 0 radical (unpaired) electrons. The van der Waals surface area contributed by atoms with Crippen LogP contribution in [0.5, 0.6) is 0 Å². The molecule has 5 rings (SSSR count). The van der Waals surface area contributed by atoms with Crippen LogP contribution >= 0.6 is 23.2 Å². The Labute approximate surface area is 218 Å². The summed E-state index contributed by atoms with van der Waals surface area (Å²) in [6, 6.07) is 19.7. The lowest BCUT2D eigenvalue weighted by atomic mass is 10.0. The molecule has 2 aliphatic carbocycles. The van der Waals surface area contributed by atoms with Crippen LogP contribution in [0.25, 0.3) is 10.8 Å². The molecule has 11 heteroatoms. The summed E-state index contributed by atoms with van der Waals surface area (Å²) >= 11 is 11.9. The Bertz CT molecular complexity index is 2090. The van der Waals surface area contributed by atoms with Gasteiger partial charge in [-0.2, -0.15) is 13.5 Å². The number of halogens is 2. The van der Waals surface area contributed by atoms with Gasteiger partial charge in [0, 0.05) is 20.8 Å². The molecule has 2 N–H and O–H groups in total. The van der Waals surface area contributed by atoms with Crippen molar-refractivity contribution in [1.29, 1.82) is 0 Å². The second-order valence-electron chi connectivity index (χ2n) is 7.99. The molecule has 8 nitrogen and oxygen atoms in total. The maximum absolute atomic E-state index is 13.7. The van der Waals surface area contributed by atoms with Gasteiger partial charge in [0.2, 0.25) is 0 Å². The first kappa shape index (κ1) is 24.8. The summed E-state index contributed by atoms with van der Waals surface area (Å²) < 4.78 is 35.1. The molecule has 0 amide bonds. The molecule has 0 aliphatic heterocycles. The van der Waals surface area contributed by atoms with Crippen molar-refractivity contribution in [2.24, 2.45) is 10.1 Å². The molecule has 0 heterocycles. The molecule has 0 spiro atoms. The number of rotatable bonds is 4. The quantitative estimate of drug-likeness (QED) is 0.258. The molecule has 0 aromatic heterocycles. The molecule has 3 aromatic rings. The van der Waals surface area contributed by atoms with Crippen LogP contribution in [0.15, 0.2) is 103 Å². The van der Waals surface area contributed by atoms with Crippen molar-refractivity contribution in [1.82, 2.24) is 0 Å². The van der Waals surface area contributed by atoms with Crippen LogP contribution in [-0.4, -0.2) is 13.0 Å². The van der Waals surface area contributed by atoms with Crippen molar-refractivity contribution >= 4 is 55.5 Å². The van der Waals surface area contributed by atoms with Crippen LogP contribution in [0, 0.1) is 10.4 Å². The van der Waals surface area contributed by atoms with E-state index in [4.69, 9.17) is 23.2 Å². The molecule has 2 aliphatic rings. The molecular formula is C26H15Cl2N3O5S. The molecule has 0 saturated carbocycles. The number of anilines is 1. The van der Waals surface area contributed by atoms with Crippen LogP contribution in [0.4, 0.5) is 11.4 Å². The van der Waals surface area contributed by atoms with E-state index < -0.39 is 25.9 Å². The first-order valence-corrected chi connectivity index (χ1v) is 12.9. The van der Waals surface area contributed by atoms with E-state index in [0.29, 0.717) is 15.7 Å². The zero-order valence-corrected chi connectivity index (χ0v) is 21.0. The molecule has 0 saturated heterocycles. The Morgan fingerprint density at radius 1 is 0.757 bits per heavy atom. The smallest absolute Gasteiger partial charge is 0.288 e. The topological polar surface area (TPSA) is 125 Å². The van der Waals surface area contributed by atoms with Gasteiger partial charge in [-0.15, -0.1) is 0 Å². The zero-order valence-electron chi connectivity index (χ0n) is 18.6. The fourth-order valence-electron chi connectivity index (χ4n) is 3.92. The van der Waals surface area contributed by atoms with Gasteiger partial charge in [-0.05, 0) is 54.6 Å². The van der Waals surface area contributed by atoms with Crippen LogP contribution in [0.3, 0.4) is 0 Å². The number of hydrogen-bond acceptors (Lipinski definition) is 7. The van der Waals surface area contributed by atoms with Gasteiger partial charge in [-0.25, -0.2) is 4.99 Å². The fourth-order valence-corrected chi connectivity index (χ4v) is 4.83. The normalized spacial score (nSPS) is 12.9. The third-order valence-electron chi connectivity index (χ3n) is 5.61. The minimum Gasteiger partial charge on any atom is -0.288 e. The molecule has 0 unspecified atom stereocenters. The van der Waals surface area contributed by atoms with Crippen molar-refractivity contribution < 1.29 is 13.0 Å². The monoisotopic (exact) mass is 551 g/mol. The summed E-state index contributed by atoms with van der Waals surface area (Å²) in [6.45, 7) is 0. The Kier molecular flexibility index (Phi) is 6.38. The van der Waals surface area contributed by atoms with E-state index in [1.807, 2.05) is 0 Å². The lowest BCUT2D eigenvalue weighted by Crippen LogP contribution is -2.33. The first-order chi connectivity index (χ1) is 17.6. The van der Waals surface area contributed by atoms with E-state index in [2.05, 4.69) is 15.5 Å². The highest BCUT2D eigenvalue weighted by Crippen LogP contribution is 2.17. The van der Waals surface area contributed by atoms with Gasteiger partial charge in [0.15, 0.2) is 10.9 Å². The van der Waals surface area contributed by atoms with Gasteiger partial charge >= 0.3 is 0 Å². The van der Waals surface area contributed by atoms with E-state index >= 15 is 0 Å². The summed E-state index contributed by atoms with van der Waals surface area (Å²) in [5.74, 6) is 0. The average molecular weight is 552 g/mol. The maximum Gasteiger partial charge on any atom is 0.296 e. The van der Waals surface area contributed by atoms with Gasteiger partial charge in [0.1, 0.15) is 4.90 Å². The largest absolute Gasteiger partial charge is 0.296 e. The highest BCUT2D eigenvalue weighted by Gasteiger charge is 2.20. The summed E-state index contributed by atoms with van der Waals surface area (Å²) in [5, 5.41) is 4.36. The van der Waals surface area contributed by atoms with Crippen LogP contribution in [0.1, 0.15) is 0 Å². The second-order valence-corrected chi connectivity index (χ2v) is 10.3. The SMILES string of the molecule is O=c1c2c(=Nc3ccc(Cl)cc3)c(S(=O)(=O)O)c/c(=N\Nc3ccc(Cl)cc3)c=2c(=O)c2ccccc12. The number of benzene rings is 3. The van der Waals surface area contributed by atoms with Crippen molar-refractivity contribution in [2.75, 3.05) is 5.43 Å². The molecule has 0 atom stereocenters. The third-order valence-corrected chi connectivity index (χ3v) is 6.98. The van der Waals surface area contributed by atoms with Crippen molar-refractivity contribution in [3.63, 3.8) is 0 Å². The van der Waals surface area contributed by atoms with Gasteiger partial charge in [0.25, 0.3) is 10.1 Å². The average Bonchev–Trinajstić information content (AvgIpc) is 2.87. The van der Waals surface area contributed by atoms with Gasteiger partial charge < -0.3 is 0 Å². The Morgan fingerprint density at radius 3 is 1.86 bits per heavy atom. The summed E-state index contributed by atoms with van der Waals surface area (Å²) in [4.78, 5) is 30.9. The predicted octanol–water partition coefficient (Wildman–Crippen LogP) is 3.87. The molecule has 0 fully saturated rings. The second kappa shape index (κ2) is 9.53. The highest BCUT2D eigenvalue weighted by atomic mass is 35.5. The lowest BCUT2D eigenvalue weighted by Gasteiger charge is -2.05. The number of nitrogens with one attached hydrogen (secondary N) is 1. The third kappa shape index (κ3) is 4.77. The standard InChI is InChI=1S/C26H15Cl2N3O5S/c27-14-5-9-16(10-6-14)29-24-21(37(34,35)36)13-20(31-30-17-11-7-15(28)8-12-17)22-23(24)26(33)19-4-2-1-3-18(19)25(22)32/h1-13,30H,(H,34,35,36)/b29-24?,31-20+. The molecule has 37 heavy (non-hydrogen) atoms. The first-order valence-electron chi connectivity index (χ1n) is 10.7. The van der Waals surface area contributed by atoms with Gasteiger partial charge in [-0.1, -0.05) is 47.5 Å². The van der Waals surface area contributed by atoms with Crippen LogP contribution in [-0.2, 0) is 10.1 Å². The van der Waals surface area contributed by atoms with Crippen LogP contribution < -0.4 is 27.0 Å². The summed E-state index contributed by atoms with van der Waals surface area (Å²) in [6.07, 6.45) is 0. The van der Waals surface area contributed by atoms with E-state index in [-0.39, 0.29) is 37.6 Å². The molecular weight excluding hydrogens is 537 g/mol. The number of fused-ring (bicyclic) bond motifs is 1. The summed E-state index contributed by atoms with van der Waals surface area (Å²) in [7, 11) is -4.91. The fraction of sp³-hybridized carbons (Fsp3) is 0. The van der Waals surface area contributed by atoms with E-state index in [1.165, 1.54) is 36.4 Å². The molecule has 3 aromatic carbocycles. The van der Waals surface area contributed by atoms with Crippen molar-refractivity contribution in [3.05, 3.63) is 131 Å². The minimum absolute atomic E-state index is 0.0802.